The van der Waals surface area contributed by atoms with Gasteiger partial charge in [-0.2, -0.15) is 0 Å². The van der Waals surface area contributed by atoms with Crippen molar-refractivity contribution >= 4 is 27.3 Å². The monoisotopic (exact) mass is 340 g/mol. The summed E-state index contributed by atoms with van der Waals surface area (Å²) in [5.41, 5.74) is 2.14. The molecule has 0 aliphatic carbocycles. The maximum atomic E-state index is 9.83. The summed E-state index contributed by atoms with van der Waals surface area (Å²) in [5, 5.41) is 14.1. The molecule has 1 aliphatic rings. The first-order valence-corrected chi connectivity index (χ1v) is 7.56. The van der Waals surface area contributed by atoms with Crippen molar-refractivity contribution in [3.63, 3.8) is 0 Å². The number of rotatable bonds is 2. The number of halogens is 1. The number of fused-ring (bicyclic) bond motifs is 1. The minimum absolute atomic E-state index is 0.120. The van der Waals surface area contributed by atoms with E-state index in [0.717, 1.165) is 30.1 Å². The second-order valence-corrected chi connectivity index (χ2v) is 6.26. The number of nitrogens with one attached hydrogen (secondary N) is 1. The van der Waals surface area contributed by atoms with E-state index in [1.165, 1.54) is 10.6 Å². The maximum absolute atomic E-state index is 9.83. The Morgan fingerprint density at radius 1 is 1.47 bits per heavy atom. The highest BCUT2D eigenvalue weighted by Crippen LogP contribution is 2.40. The minimum atomic E-state index is 0.120. The molecule has 2 heterocycles. The fraction of sp³-hybridized carbons (Fsp3) is 0.308. The molecule has 1 aliphatic heterocycles. The van der Waals surface area contributed by atoms with Crippen LogP contribution in [0.5, 0.6) is 11.5 Å². The molecule has 100 valence electrons. The fourth-order valence-electron chi connectivity index (χ4n) is 2.10. The minimum Gasteiger partial charge on any atom is -0.503 e. The van der Waals surface area contributed by atoms with Crippen molar-refractivity contribution in [2.75, 3.05) is 13.7 Å². The van der Waals surface area contributed by atoms with Gasteiger partial charge in [0.1, 0.15) is 5.01 Å². The van der Waals surface area contributed by atoms with E-state index in [1.54, 1.807) is 18.4 Å². The Morgan fingerprint density at radius 2 is 2.32 bits per heavy atom. The largest absolute Gasteiger partial charge is 0.503 e. The molecule has 0 saturated carbocycles. The zero-order valence-corrected chi connectivity index (χ0v) is 12.8. The molecule has 0 radical (unpaired) electrons. The number of thiazole rings is 1. The molecule has 2 N–H and O–H groups in total. The molecule has 0 bridgehead atoms. The van der Waals surface area contributed by atoms with Crippen LogP contribution < -0.4 is 10.1 Å². The van der Waals surface area contributed by atoms with Gasteiger partial charge >= 0.3 is 0 Å². The van der Waals surface area contributed by atoms with Gasteiger partial charge in [0.25, 0.3) is 0 Å². The van der Waals surface area contributed by atoms with E-state index in [-0.39, 0.29) is 5.75 Å². The lowest BCUT2D eigenvalue weighted by Crippen LogP contribution is -2.22. The average Bonchev–Trinajstić information content (AvgIpc) is 2.85. The Labute approximate surface area is 123 Å². The van der Waals surface area contributed by atoms with E-state index < -0.39 is 0 Å². The summed E-state index contributed by atoms with van der Waals surface area (Å²) in [4.78, 5) is 5.98. The number of nitrogens with zero attached hydrogens (tertiary/aromatic N) is 1. The first-order valence-electron chi connectivity index (χ1n) is 5.95. The third-order valence-electron chi connectivity index (χ3n) is 3.10. The van der Waals surface area contributed by atoms with Crippen molar-refractivity contribution in [2.24, 2.45) is 0 Å². The second-order valence-electron chi connectivity index (χ2n) is 4.32. The van der Waals surface area contributed by atoms with Gasteiger partial charge in [0, 0.05) is 30.0 Å². The Morgan fingerprint density at radius 3 is 3.05 bits per heavy atom. The Hall–Kier alpha value is -1.11. The van der Waals surface area contributed by atoms with Crippen LogP contribution in [0, 0.1) is 0 Å². The van der Waals surface area contributed by atoms with Crippen molar-refractivity contribution in [2.45, 2.75) is 13.0 Å². The van der Waals surface area contributed by atoms with Crippen LogP contribution in [-0.2, 0) is 13.0 Å². The first-order chi connectivity index (χ1) is 9.19. The lowest BCUT2D eigenvalue weighted by atomic mass is 10.2. The van der Waals surface area contributed by atoms with Gasteiger partial charge in [-0.15, -0.1) is 11.3 Å². The number of hydrogen-bond acceptors (Lipinski definition) is 5. The summed E-state index contributed by atoms with van der Waals surface area (Å²) in [6, 6.07) is 3.69. The number of aromatic hydroxyl groups is 1. The molecule has 19 heavy (non-hydrogen) atoms. The van der Waals surface area contributed by atoms with E-state index in [9.17, 15) is 5.11 Å². The normalized spacial score (nSPS) is 14.2. The van der Waals surface area contributed by atoms with E-state index in [4.69, 9.17) is 4.74 Å². The molecule has 0 amide bonds. The Bertz CT molecular complexity index is 604. The van der Waals surface area contributed by atoms with Gasteiger partial charge in [-0.1, -0.05) is 0 Å². The summed E-state index contributed by atoms with van der Waals surface area (Å²) in [5.74, 6) is 0.574. The number of phenols is 1. The molecule has 0 fully saturated rings. The van der Waals surface area contributed by atoms with Crippen molar-refractivity contribution in [3.05, 3.63) is 27.2 Å². The van der Waals surface area contributed by atoms with Gasteiger partial charge in [0.05, 0.1) is 17.3 Å². The summed E-state index contributed by atoms with van der Waals surface area (Å²) in [6.45, 7) is 1.88. The quantitative estimate of drug-likeness (QED) is 0.882. The summed E-state index contributed by atoms with van der Waals surface area (Å²) < 4.78 is 5.79. The zero-order chi connectivity index (χ0) is 13.4. The van der Waals surface area contributed by atoms with Gasteiger partial charge in [-0.05, 0) is 28.1 Å². The van der Waals surface area contributed by atoms with Crippen molar-refractivity contribution < 1.29 is 9.84 Å². The molecular formula is C13H13BrN2O2S. The van der Waals surface area contributed by atoms with E-state index in [1.807, 2.05) is 12.1 Å². The molecule has 0 atom stereocenters. The zero-order valence-electron chi connectivity index (χ0n) is 10.4. The molecule has 6 heteroatoms. The van der Waals surface area contributed by atoms with Gasteiger partial charge in [-0.3, -0.25) is 0 Å². The van der Waals surface area contributed by atoms with E-state index in [2.05, 4.69) is 26.2 Å². The summed E-state index contributed by atoms with van der Waals surface area (Å²) in [6.07, 6.45) is 0.974. The summed E-state index contributed by atoms with van der Waals surface area (Å²) >= 11 is 5.03. The van der Waals surface area contributed by atoms with E-state index >= 15 is 0 Å². The lowest BCUT2D eigenvalue weighted by molar-refractivity contribution is 0.372. The molecule has 0 unspecified atom stereocenters. The van der Waals surface area contributed by atoms with Crippen LogP contribution in [0.2, 0.25) is 0 Å². The second kappa shape index (κ2) is 5.11. The number of aromatic nitrogens is 1. The van der Waals surface area contributed by atoms with E-state index in [0.29, 0.717) is 10.2 Å². The Kier molecular flexibility index (Phi) is 3.47. The molecule has 0 spiro atoms. The summed E-state index contributed by atoms with van der Waals surface area (Å²) in [7, 11) is 1.54. The van der Waals surface area contributed by atoms with Gasteiger partial charge in [0.2, 0.25) is 0 Å². The highest BCUT2D eigenvalue weighted by molar-refractivity contribution is 9.10. The van der Waals surface area contributed by atoms with Gasteiger partial charge in [0.15, 0.2) is 11.5 Å². The number of methoxy groups -OCH3 is 1. The molecule has 1 aromatic heterocycles. The lowest BCUT2D eigenvalue weighted by Gasteiger charge is -2.09. The average molecular weight is 341 g/mol. The molecular weight excluding hydrogens is 328 g/mol. The van der Waals surface area contributed by atoms with Crippen molar-refractivity contribution in [3.8, 4) is 22.1 Å². The fourth-order valence-corrected chi connectivity index (χ4v) is 3.61. The predicted octanol–water partition coefficient (Wildman–Crippen LogP) is 2.93. The first kappa shape index (κ1) is 12.9. The SMILES string of the molecule is COc1cc(-c2nc3c(s2)CNCC3)cc(Br)c1O. The number of phenolic OH excluding ortho intramolecular Hbond substituents is 1. The van der Waals surface area contributed by atoms with Crippen LogP contribution in [-0.4, -0.2) is 23.7 Å². The van der Waals surface area contributed by atoms with Crippen LogP contribution >= 0.6 is 27.3 Å². The third-order valence-corrected chi connectivity index (χ3v) is 4.85. The van der Waals surface area contributed by atoms with Crippen molar-refractivity contribution in [1.82, 2.24) is 10.3 Å². The topological polar surface area (TPSA) is 54.4 Å². The standard InChI is InChI=1S/C13H13BrN2O2S/c1-18-10-5-7(4-8(14)12(10)17)13-16-9-2-3-15-6-11(9)19-13/h4-5,15,17H,2-3,6H2,1H3. The Balaban J connectivity index is 2.06. The molecule has 3 rings (SSSR count). The molecule has 1 aromatic carbocycles. The van der Waals surface area contributed by atoms with Crippen LogP contribution in [0.3, 0.4) is 0 Å². The van der Waals surface area contributed by atoms with Crippen LogP contribution in [0.1, 0.15) is 10.6 Å². The van der Waals surface area contributed by atoms with Gasteiger partial charge < -0.3 is 15.2 Å². The molecule has 4 nitrogen and oxygen atoms in total. The highest BCUT2D eigenvalue weighted by atomic mass is 79.9. The number of hydrogen-bond donors (Lipinski definition) is 2. The molecule has 0 saturated heterocycles. The molecule has 2 aromatic rings. The number of ether oxygens (including phenoxy) is 1. The van der Waals surface area contributed by atoms with Crippen LogP contribution in [0.25, 0.3) is 10.6 Å². The predicted molar refractivity (Wildman–Crippen MR) is 78.9 cm³/mol. The smallest absolute Gasteiger partial charge is 0.172 e. The maximum Gasteiger partial charge on any atom is 0.172 e. The third kappa shape index (κ3) is 2.35. The van der Waals surface area contributed by atoms with Crippen LogP contribution in [0.4, 0.5) is 0 Å². The van der Waals surface area contributed by atoms with Crippen LogP contribution in [0.15, 0.2) is 16.6 Å². The highest BCUT2D eigenvalue weighted by Gasteiger charge is 2.17. The van der Waals surface area contributed by atoms with Crippen molar-refractivity contribution in [1.29, 1.82) is 0 Å². The van der Waals surface area contributed by atoms with Gasteiger partial charge in [-0.25, -0.2) is 4.98 Å². The number of benzene rings is 1.